The van der Waals surface area contributed by atoms with Gasteiger partial charge in [-0.2, -0.15) is 0 Å². The summed E-state index contributed by atoms with van der Waals surface area (Å²) in [5, 5.41) is 11.4. The zero-order valence-electron chi connectivity index (χ0n) is 16.6. The number of ether oxygens (including phenoxy) is 4. The Hall–Kier alpha value is -2.20. The molecule has 1 heterocycles. The molecule has 0 saturated carbocycles. The Balaban J connectivity index is 2.86. The summed E-state index contributed by atoms with van der Waals surface area (Å²) in [6, 6.07) is -0.602. The standard InChI is InChI=1S/C18H29NO9/c1-10-16(19-11(2)20)18(25-8-6-5-7-15(23)24)28-14(9-26-12(3)21)17(10)27-13(4)22/h10,14,16-18H,5-9H2,1-4H3,(H,19,20)(H,23,24)/t10-,14?,16?,17-,18-/m1/s1. The third kappa shape index (κ3) is 8.22. The summed E-state index contributed by atoms with van der Waals surface area (Å²) in [5.74, 6) is -2.61. The Morgan fingerprint density at radius 2 is 1.75 bits per heavy atom. The van der Waals surface area contributed by atoms with Crippen molar-refractivity contribution in [3.63, 3.8) is 0 Å². The molecule has 10 heteroatoms. The minimum atomic E-state index is -0.885. The second-order valence-electron chi connectivity index (χ2n) is 6.73. The van der Waals surface area contributed by atoms with Crippen LogP contribution in [0, 0.1) is 5.92 Å². The van der Waals surface area contributed by atoms with E-state index in [1.165, 1.54) is 20.8 Å². The topological polar surface area (TPSA) is 137 Å². The first-order chi connectivity index (χ1) is 13.1. The molecule has 0 spiro atoms. The molecule has 0 radical (unpaired) electrons. The quantitative estimate of drug-likeness (QED) is 0.397. The number of hydrogen-bond acceptors (Lipinski definition) is 8. The van der Waals surface area contributed by atoms with Crippen LogP contribution in [0.3, 0.4) is 0 Å². The Labute approximate surface area is 163 Å². The molecule has 160 valence electrons. The molecule has 1 amide bonds. The van der Waals surface area contributed by atoms with Crippen molar-refractivity contribution in [1.29, 1.82) is 0 Å². The molecule has 2 unspecified atom stereocenters. The summed E-state index contributed by atoms with van der Waals surface area (Å²) < 4.78 is 21.9. The van der Waals surface area contributed by atoms with Gasteiger partial charge in [-0.3, -0.25) is 19.2 Å². The first kappa shape index (κ1) is 23.8. The first-order valence-corrected chi connectivity index (χ1v) is 9.18. The van der Waals surface area contributed by atoms with Crippen LogP contribution in [0.1, 0.15) is 47.0 Å². The van der Waals surface area contributed by atoms with Crippen LogP contribution in [0.2, 0.25) is 0 Å². The number of carbonyl (C=O) groups excluding carboxylic acids is 3. The molecular formula is C18H29NO9. The van der Waals surface area contributed by atoms with Crippen molar-refractivity contribution < 1.29 is 43.2 Å². The van der Waals surface area contributed by atoms with Crippen molar-refractivity contribution in [3.05, 3.63) is 0 Å². The van der Waals surface area contributed by atoms with Crippen molar-refractivity contribution >= 4 is 23.8 Å². The molecule has 0 bridgehead atoms. The van der Waals surface area contributed by atoms with Crippen molar-refractivity contribution in [2.45, 2.75) is 71.5 Å². The number of carbonyl (C=O) groups is 4. The van der Waals surface area contributed by atoms with Gasteiger partial charge < -0.3 is 29.4 Å². The van der Waals surface area contributed by atoms with Gasteiger partial charge in [0.2, 0.25) is 5.91 Å². The van der Waals surface area contributed by atoms with Gasteiger partial charge in [-0.1, -0.05) is 6.92 Å². The molecule has 1 fully saturated rings. The number of nitrogens with one attached hydrogen (secondary N) is 1. The van der Waals surface area contributed by atoms with E-state index >= 15 is 0 Å². The van der Waals surface area contributed by atoms with E-state index in [4.69, 9.17) is 24.1 Å². The van der Waals surface area contributed by atoms with Gasteiger partial charge in [0.15, 0.2) is 6.29 Å². The van der Waals surface area contributed by atoms with Crippen LogP contribution in [0.5, 0.6) is 0 Å². The summed E-state index contributed by atoms with van der Waals surface area (Å²) in [7, 11) is 0. The average Bonchev–Trinajstić information content (AvgIpc) is 2.57. The maximum Gasteiger partial charge on any atom is 0.303 e. The molecule has 0 aromatic heterocycles. The van der Waals surface area contributed by atoms with Gasteiger partial charge >= 0.3 is 17.9 Å². The predicted molar refractivity (Wildman–Crippen MR) is 95.1 cm³/mol. The van der Waals surface area contributed by atoms with Gasteiger partial charge in [-0.05, 0) is 12.8 Å². The van der Waals surface area contributed by atoms with E-state index in [-0.39, 0.29) is 31.5 Å². The summed E-state index contributed by atoms with van der Waals surface area (Å²) in [4.78, 5) is 44.9. The number of rotatable bonds is 10. The molecule has 2 N–H and O–H groups in total. The summed E-state index contributed by atoms with van der Waals surface area (Å²) in [6.45, 7) is 5.72. The Bertz CT molecular complexity index is 563. The molecule has 5 atom stereocenters. The van der Waals surface area contributed by atoms with E-state index < -0.39 is 42.4 Å². The number of unbranched alkanes of at least 4 members (excludes halogenated alkanes) is 1. The maximum atomic E-state index is 11.6. The van der Waals surface area contributed by atoms with Crippen LogP contribution in [0.25, 0.3) is 0 Å². The number of amides is 1. The second-order valence-corrected chi connectivity index (χ2v) is 6.73. The molecule has 1 aliphatic rings. The fourth-order valence-corrected chi connectivity index (χ4v) is 2.99. The van der Waals surface area contributed by atoms with E-state index in [2.05, 4.69) is 5.32 Å². The smallest absolute Gasteiger partial charge is 0.303 e. The molecule has 0 aromatic carbocycles. The monoisotopic (exact) mass is 403 g/mol. The van der Waals surface area contributed by atoms with Crippen molar-refractivity contribution in [3.8, 4) is 0 Å². The maximum absolute atomic E-state index is 11.6. The van der Waals surface area contributed by atoms with Crippen molar-refractivity contribution in [2.75, 3.05) is 13.2 Å². The minimum Gasteiger partial charge on any atom is -0.481 e. The highest BCUT2D eigenvalue weighted by atomic mass is 16.7. The van der Waals surface area contributed by atoms with Gasteiger partial charge in [0.1, 0.15) is 18.8 Å². The van der Waals surface area contributed by atoms with Crippen LogP contribution in [0.4, 0.5) is 0 Å². The molecule has 1 rings (SSSR count). The summed E-state index contributed by atoms with van der Waals surface area (Å²) >= 11 is 0. The number of aliphatic carboxylic acids is 1. The third-order valence-electron chi connectivity index (χ3n) is 4.24. The van der Waals surface area contributed by atoms with Gasteiger partial charge in [-0.25, -0.2) is 0 Å². The average molecular weight is 403 g/mol. The number of carboxylic acid groups (broad SMARTS) is 1. The lowest BCUT2D eigenvalue weighted by atomic mass is 9.88. The van der Waals surface area contributed by atoms with Gasteiger partial charge in [0.25, 0.3) is 0 Å². The molecule has 10 nitrogen and oxygen atoms in total. The molecule has 1 saturated heterocycles. The van der Waals surface area contributed by atoms with E-state index in [1.807, 2.05) is 0 Å². The van der Waals surface area contributed by atoms with Gasteiger partial charge in [-0.15, -0.1) is 0 Å². The molecule has 1 aliphatic heterocycles. The lowest BCUT2D eigenvalue weighted by molar-refractivity contribution is -0.262. The van der Waals surface area contributed by atoms with Gasteiger partial charge in [0.05, 0.1) is 6.04 Å². The zero-order valence-corrected chi connectivity index (χ0v) is 16.6. The van der Waals surface area contributed by atoms with E-state index in [0.717, 1.165) is 0 Å². The van der Waals surface area contributed by atoms with Crippen LogP contribution < -0.4 is 5.32 Å². The van der Waals surface area contributed by atoms with E-state index in [1.54, 1.807) is 6.92 Å². The minimum absolute atomic E-state index is 0.0318. The molecule has 0 aliphatic carbocycles. The van der Waals surface area contributed by atoms with Crippen LogP contribution >= 0.6 is 0 Å². The summed E-state index contributed by atoms with van der Waals surface area (Å²) in [5.41, 5.74) is 0. The molecule has 0 aromatic rings. The normalized spacial score (nSPS) is 26.9. The highest BCUT2D eigenvalue weighted by Gasteiger charge is 2.46. The highest BCUT2D eigenvalue weighted by Crippen LogP contribution is 2.30. The van der Waals surface area contributed by atoms with Crippen LogP contribution in [0.15, 0.2) is 0 Å². The Morgan fingerprint density at radius 3 is 2.29 bits per heavy atom. The predicted octanol–water partition coefficient (Wildman–Crippen LogP) is 0.618. The molecule has 28 heavy (non-hydrogen) atoms. The second kappa shape index (κ2) is 11.6. The lowest BCUT2D eigenvalue weighted by Crippen LogP contribution is -2.62. The van der Waals surface area contributed by atoms with Crippen LogP contribution in [-0.2, 0) is 38.1 Å². The number of esters is 2. The summed E-state index contributed by atoms with van der Waals surface area (Å²) in [6.07, 6.45) is -1.41. The van der Waals surface area contributed by atoms with E-state index in [9.17, 15) is 19.2 Å². The zero-order chi connectivity index (χ0) is 21.3. The third-order valence-corrected chi connectivity index (χ3v) is 4.24. The number of carboxylic acids is 1. The SMILES string of the molecule is CC(=O)NC1[C@H](OCCCCC(=O)O)OC(COC(C)=O)[C@H](OC(C)=O)[C@@H]1C. The van der Waals surface area contributed by atoms with E-state index in [0.29, 0.717) is 12.8 Å². The Morgan fingerprint density at radius 1 is 1.07 bits per heavy atom. The van der Waals surface area contributed by atoms with Crippen molar-refractivity contribution in [2.24, 2.45) is 5.92 Å². The van der Waals surface area contributed by atoms with Crippen molar-refractivity contribution in [1.82, 2.24) is 5.32 Å². The molecular weight excluding hydrogens is 374 g/mol. The first-order valence-electron chi connectivity index (χ1n) is 9.18. The highest BCUT2D eigenvalue weighted by molar-refractivity contribution is 5.73. The van der Waals surface area contributed by atoms with Crippen LogP contribution in [-0.4, -0.2) is 66.7 Å². The fourth-order valence-electron chi connectivity index (χ4n) is 2.99. The Kier molecular flexibility index (Phi) is 9.88. The van der Waals surface area contributed by atoms with Gasteiger partial charge in [0, 0.05) is 39.7 Å². The lowest BCUT2D eigenvalue weighted by Gasteiger charge is -2.44. The number of hydrogen-bond donors (Lipinski definition) is 2. The fraction of sp³-hybridized carbons (Fsp3) is 0.778. The largest absolute Gasteiger partial charge is 0.481 e.